The molecule has 0 unspecified atom stereocenters. The summed E-state index contributed by atoms with van der Waals surface area (Å²) >= 11 is 1.64. The van der Waals surface area contributed by atoms with Gasteiger partial charge >= 0.3 is 0 Å². The highest BCUT2D eigenvalue weighted by atomic mass is 32.1. The van der Waals surface area contributed by atoms with Gasteiger partial charge < -0.3 is 0 Å². The lowest BCUT2D eigenvalue weighted by molar-refractivity contribution is 1.41. The van der Waals surface area contributed by atoms with E-state index in [1.165, 1.54) is 77.2 Å². The predicted molar refractivity (Wildman–Crippen MR) is 199 cm³/mol. The molecule has 2 heterocycles. The van der Waals surface area contributed by atoms with Crippen LogP contribution in [0.4, 0.5) is 0 Å². The number of thiazole rings is 1. The Kier molecular flexibility index (Phi) is 5.78. The van der Waals surface area contributed by atoms with E-state index in [2.05, 4.69) is 145 Å². The van der Waals surface area contributed by atoms with Crippen molar-refractivity contribution in [1.29, 1.82) is 0 Å². The summed E-state index contributed by atoms with van der Waals surface area (Å²) in [6.07, 6.45) is 1.83. The van der Waals surface area contributed by atoms with E-state index < -0.39 is 0 Å². The van der Waals surface area contributed by atoms with Crippen LogP contribution in [0.1, 0.15) is 0 Å². The molecule has 0 N–H and O–H groups in total. The molecule has 10 rings (SSSR count). The predicted octanol–water partition coefficient (Wildman–Crippen LogP) is 12.3. The van der Waals surface area contributed by atoms with E-state index in [0.29, 0.717) is 0 Å². The molecule has 0 saturated carbocycles. The molecule has 2 nitrogen and oxygen atoms in total. The standard InChI is InChI=1S/C44H26N2S/c1-3-11-28(12-4-1)38-33-15-7-8-16-34(33)39(29-13-5-2-6-14-29)42-36-25-24-31(32-17-9-18-35(40(32)36)41(38)42)27-20-22-30(23-21-27)43-46-37-19-10-26-45-44(37)47-43/h1-26H. The summed E-state index contributed by atoms with van der Waals surface area (Å²) < 4.78 is 0. The lowest BCUT2D eigenvalue weighted by atomic mass is 9.82. The van der Waals surface area contributed by atoms with Gasteiger partial charge in [-0.1, -0.05) is 151 Å². The zero-order chi connectivity index (χ0) is 30.9. The Balaban J connectivity index is 1.23. The van der Waals surface area contributed by atoms with Crippen LogP contribution in [-0.2, 0) is 0 Å². The third-order valence-electron chi connectivity index (χ3n) is 9.53. The molecular formula is C44H26N2S. The maximum atomic E-state index is 4.84. The van der Waals surface area contributed by atoms with Crippen molar-refractivity contribution in [3.05, 3.63) is 158 Å². The Morgan fingerprint density at radius 1 is 0.383 bits per heavy atom. The molecule has 0 bridgehead atoms. The summed E-state index contributed by atoms with van der Waals surface area (Å²) in [5.41, 5.74) is 14.8. The van der Waals surface area contributed by atoms with Gasteiger partial charge in [0, 0.05) is 11.8 Å². The van der Waals surface area contributed by atoms with Crippen molar-refractivity contribution >= 4 is 43.2 Å². The van der Waals surface area contributed by atoms with Crippen LogP contribution >= 0.6 is 11.3 Å². The molecule has 3 heteroatoms. The van der Waals surface area contributed by atoms with E-state index in [9.17, 15) is 0 Å². The maximum absolute atomic E-state index is 4.84. The highest BCUT2D eigenvalue weighted by Gasteiger charge is 2.31. The number of hydrogen-bond acceptors (Lipinski definition) is 3. The van der Waals surface area contributed by atoms with Gasteiger partial charge in [-0.15, -0.1) is 0 Å². The van der Waals surface area contributed by atoms with Crippen molar-refractivity contribution in [2.45, 2.75) is 0 Å². The van der Waals surface area contributed by atoms with Crippen molar-refractivity contribution in [3.63, 3.8) is 0 Å². The quantitative estimate of drug-likeness (QED) is 0.197. The zero-order valence-electron chi connectivity index (χ0n) is 25.3. The van der Waals surface area contributed by atoms with Crippen LogP contribution in [0.3, 0.4) is 0 Å². The number of fused-ring (bicyclic) bond motifs is 5. The van der Waals surface area contributed by atoms with Crippen LogP contribution in [0, 0.1) is 0 Å². The first-order chi connectivity index (χ1) is 23.3. The van der Waals surface area contributed by atoms with Crippen LogP contribution in [0.5, 0.6) is 0 Å². The first-order valence-corrected chi connectivity index (χ1v) is 16.7. The van der Waals surface area contributed by atoms with Crippen LogP contribution in [-0.4, -0.2) is 9.97 Å². The molecule has 0 saturated heterocycles. The Bertz CT molecular complexity index is 2530. The Morgan fingerprint density at radius 3 is 1.62 bits per heavy atom. The van der Waals surface area contributed by atoms with Crippen LogP contribution in [0.25, 0.3) is 98.1 Å². The number of nitrogens with zero attached hydrogens (tertiary/aromatic N) is 2. The van der Waals surface area contributed by atoms with Crippen molar-refractivity contribution < 1.29 is 0 Å². The first-order valence-electron chi connectivity index (χ1n) is 15.9. The van der Waals surface area contributed by atoms with E-state index in [-0.39, 0.29) is 0 Å². The smallest absolute Gasteiger partial charge is 0.143 e. The summed E-state index contributed by atoms with van der Waals surface area (Å²) in [5.74, 6) is 0. The van der Waals surface area contributed by atoms with E-state index in [1.54, 1.807) is 11.3 Å². The second kappa shape index (κ2) is 10.3. The van der Waals surface area contributed by atoms with Crippen molar-refractivity contribution in [1.82, 2.24) is 9.97 Å². The van der Waals surface area contributed by atoms with Gasteiger partial charge in [0.15, 0.2) is 0 Å². The van der Waals surface area contributed by atoms with Crippen LogP contribution in [0.2, 0.25) is 0 Å². The summed E-state index contributed by atoms with van der Waals surface area (Å²) in [7, 11) is 0. The SMILES string of the molecule is c1ccc(-c2c3c(c(-c4ccccc4)c4ccccc24)-c2ccc(-c4ccc(-c5nc6cccnc6s5)cc4)c4cccc-3c24)cc1. The average Bonchev–Trinajstić information content (AvgIpc) is 3.72. The fourth-order valence-corrected chi connectivity index (χ4v) is 8.46. The normalized spacial score (nSPS) is 11.8. The molecule has 9 aromatic rings. The van der Waals surface area contributed by atoms with E-state index in [0.717, 1.165) is 20.9 Å². The lowest BCUT2D eigenvalue weighted by Gasteiger charge is -2.20. The summed E-state index contributed by atoms with van der Waals surface area (Å²) in [6, 6.07) is 55.1. The second-order valence-corrected chi connectivity index (χ2v) is 13.1. The van der Waals surface area contributed by atoms with Gasteiger partial charge in [0.05, 0.1) is 0 Å². The molecule has 47 heavy (non-hydrogen) atoms. The van der Waals surface area contributed by atoms with Gasteiger partial charge in [-0.3, -0.25) is 0 Å². The molecule has 0 fully saturated rings. The minimum Gasteiger partial charge on any atom is -0.244 e. The summed E-state index contributed by atoms with van der Waals surface area (Å²) in [5, 5.41) is 6.15. The Hall–Kier alpha value is -5.90. The molecule has 0 radical (unpaired) electrons. The number of benzene rings is 7. The largest absolute Gasteiger partial charge is 0.244 e. The molecule has 1 aliphatic rings. The molecule has 0 amide bonds. The van der Waals surface area contributed by atoms with Crippen molar-refractivity contribution in [2.24, 2.45) is 0 Å². The third kappa shape index (κ3) is 3.97. The van der Waals surface area contributed by atoms with E-state index >= 15 is 0 Å². The summed E-state index contributed by atoms with van der Waals surface area (Å²) in [4.78, 5) is 10.3. The Labute approximate surface area is 276 Å². The molecular weight excluding hydrogens is 589 g/mol. The zero-order valence-corrected chi connectivity index (χ0v) is 26.1. The van der Waals surface area contributed by atoms with Gasteiger partial charge in [0.2, 0.25) is 0 Å². The maximum Gasteiger partial charge on any atom is 0.143 e. The first kappa shape index (κ1) is 26.3. The fraction of sp³-hybridized carbons (Fsp3) is 0. The number of aromatic nitrogens is 2. The molecule has 7 aromatic carbocycles. The second-order valence-electron chi connectivity index (χ2n) is 12.1. The van der Waals surface area contributed by atoms with Gasteiger partial charge in [-0.25, -0.2) is 9.97 Å². The van der Waals surface area contributed by atoms with Crippen molar-refractivity contribution in [2.75, 3.05) is 0 Å². The molecule has 218 valence electrons. The number of pyridine rings is 1. The third-order valence-corrected chi connectivity index (χ3v) is 10.6. The molecule has 0 aliphatic heterocycles. The van der Waals surface area contributed by atoms with Gasteiger partial charge in [-0.05, 0) is 89.3 Å². The van der Waals surface area contributed by atoms with Crippen LogP contribution in [0.15, 0.2) is 158 Å². The topological polar surface area (TPSA) is 25.8 Å². The van der Waals surface area contributed by atoms with Crippen molar-refractivity contribution in [3.8, 4) is 66.2 Å². The molecule has 1 aliphatic carbocycles. The minimum atomic E-state index is 0.945. The van der Waals surface area contributed by atoms with Crippen LogP contribution < -0.4 is 0 Å². The monoisotopic (exact) mass is 614 g/mol. The van der Waals surface area contributed by atoms with Gasteiger partial charge in [-0.2, -0.15) is 0 Å². The molecule has 0 atom stereocenters. The lowest BCUT2D eigenvalue weighted by Crippen LogP contribution is -1.93. The highest BCUT2D eigenvalue weighted by Crippen LogP contribution is 2.58. The van der Waals surface area contributed by atoms with Gasteiger partial charge in [0.1, 0.15) is 15.4 Å². The minimum absolute atomic E-state index is 0.945. The average molecular weight is 615 g/mol. The summed E-state index contributed by atoms with van der Waals surface area (Å²) in [6.45, 7) is 0. The molecule has 2 aromatic heterocycles. The van der Waals surface area contributed by atoms with Gasteiger partial charge in [0.25, 0.3) is 0 Å². The number of rotatable bonds is 4. The van der Waals surface area contributed by atoms with E-state index in [4.69, 9.17) is 4.98 Å². The highest BCUT2D eigenvalue weighted by molar-refractivity contribution is 7.21. The van der Waals surface area contributed by atoms with E-state index in [1.807, 2.05) is 18.3 Å². The molecule has 0 spiro atoms. The Morgan fingerprint density at radius 2 is 0.957 bits per heavy atom. The number of hydrogen-bond donors (Lipinski definition) is 0. The fourth-order valence-electron chi connectivity index (χ4n) is 7.55.